The number of methoxy groups -OCH3 is 2. The predicted octanol–water partition coefficient (Wildman–Crippen LogP) is 4.91. The molecule has 0 radical (unpaired) electrons. The second-order valence-electron chi connectivity index (χ2n) is 9.63. The maximum atomic E-state index is 5.50. The summed E-state index contributed by atoms with van der Waals surface area (Å²) in [5, 5.41) is 8.37. The van der Waals surface area contributed by atoms with Crippen molar-refractivity contribution >= 4 is 22.7 Å². The SMILES string of the molecule is COc1ccc(OC)c(CCCNC[C@H]2CC[C@@H](Nc3nc(N(C)C)c4ccccc4n3)CC2)c1. The Morgan fingerprint density at radius 2 is 1.77 bits per heavy atom. The summed E-state index contributed by atoms with van der Waals surface area (Å²) in [7, 11) is 7.49. The Balaban J connectivity index is 1.20. The zero-order chi connectivity index (χ0) is 24.6. The summed E-state index contributed by atoms with van der Waals surface area (Å²) in [5.41, 5.74) is 2.19. The van der Waals surface area contributed by atoms with Gasteiger partial charge in [0.05, 0.1) is 19.7 Å². The molecule has 2 N–H and O–H groups in total. The molecule has 7 heteroatoms. The number of benzene rings is 2. The van der Waals surface area contributed by atoms with E-state index in [-0.39, 0.29) is 0 Å². The van der Waals surface area contributed by atoms with Crippen LogP contribution < -0.4 is 25.0 Å². The van der Waals surface area contributed by atoms with E-state index < -0.39 is 0 Å². The van der Waals surface area contributed by atoms with E-state index in [2.05, 4.69) is 33.7 Å². The van der Waals surface area contributed by atoms with Crippen molar-refractivity contribution in [2.24, 2.45) is 5.92 Å². The number of rotatable bonds is 11. The molecule has 1 aliphatic rings. The van der Waals surface area contributed by atoms with E-state index in [1.54, 1.807) is 14.2 Å². The standard InChI is InChI=1S/C28H39N5O2/c1-33(2)27-24-9-5-6-10-25(24)31-28(32-27)30-22-13-11-20(12-14-22)19-29-17-7-8-21-18-23(34-3)15-16-26(21)35-4/h5-6,9-10,15-16,18,20,22,29H,7-8,11-14,17,19H2,1-4H3,(H,30,31,32)/t20-,22+. The summed E-state index contributed by atoms with van der Waals surface area (Å²) in [5.74, 6) is 4.25. The summed E-state index contributed by atoms with van der Waals surface area (Å²) in [6.07, 6.45) is 6.81. The van der Waals surface area contributed by atoms with E-state index in [4.69, 9.17) is 19.4 Å². The summed E-state index contributed by atoms with van der Waals surface area (Å²) in [6, 6.07) is 14.6. The van der Waals surface area contributed by atoms with Crippen LogP contribution in [0.3, 0.4) is 0 Å². The second-order valence-corrected chi connectivity index (χ2v) is 9.63. The van der Waals surface area contributed by atoms with Crippen molar-refractivity contribution in [3.05, 3.63) is 48.0 Å². The number of nitrogens with one attached hydrogen (secondary N) is 2. The molecule has 35 heavy (non-hydrogen) atoms. The minimum absolute atomic E-state index is 0.433. The zero-order valence-corrected chi connectivity index (χ0v) is 21.5. The fourth-order valence-corrected chi connectivity index (χ4v) is 4.95. The van der Waals surface area contributed by atoms with Crippen molar-refractivity contribution < 1.29 is 9.47 Å². The van der Waals surface area contributed by atoms with Crippen LogP contribution in [0.5, 0.6) is 11.5 Å². The Bertz CT molecular complexity index is 1100. The number of para-hydroxylation sites is 1. The number of ether oxygens (including phenoxy) is 2. The third-order valence-corrected chi connectivity index (χ3v) is 6.91. The molecule has 1 aliphatic carbocycles. The van der Waals surface area contributed by atoms with Gasteiger partial charge in [0.2, 0.25) is 5.95 Å². The van der Waals surface area contributed by atoms with Crippen LogP contribution in [-0.4, -0.2) is 57.4 Å². The molecule has 0 spiro atoms. The van der Waals surface area contributed by atoms with Gasteiger partial charge in [0, 0.05) is 25.5 Å². The summed E-state index contributed by atoms with van der Waals surface area (Å²) in [4.78, 5) is 11.6. The number of anilines is 2. The van der Waals surface area contributed by atoms with E-state index in [1.165, 1.54) is 18.4 Å². The summed E-state index contributed by atoms with van der Waals surface area (Å²) < 4.78 is 10.9. The lowest BCUT2D eigenvalue weighted by atomic mass is 9.86. The van der Waals surface area contributed by atoms with E-state index in [1.807, 2.05) is 38.4 Å². The van der Waals surface area contributed by atoms with E-state index in [9.17, 15) is 0 Å². The Morgan fingerprint density at radius 1 is 0.971 bits per heavy atom. The molecule has 0 amide bonds. The fourth-order valence-electron chi connectivity index (χ4n) is 4.95. The van der Waals surface area contributed by atoms with Gasteiger partial charge in [0.1, 0.15) is 17.3 Å². The molecule has 0 bridgehead atoms. The van der Waals surface area contributed by atoms with E-state index in [0.717, 1.165) is 78.9 Å². The molecule has 0 atom stereocenters. The van der Waals surface area contributed by atoms with Gasteiger partial charge in [-0.15, -0.1) is 0 Å². The van der Waals surface area contributed by atoms with Crippen molar-refractivity contribution in [3.8, 4) is 11.5 Å². The molecule has 2 aromatic carbocycles. The minimum Gasteiger partial charge on any atom is -0.497 e. The smallest absolute Gasteiger partial charge is 0.225 e. The van der Waals surface area contributed by atoms with Crippen molar-refractivity contribution in [2.75, 3.05) is 51.6 Å². The average molecular weight is 478 g/mol. The zero-order valence-electron chi connectivity index (χ0n) is 21.5. The van der Waals surface area contributed by atoms with Crippen molar-refractivity contribution in [2.45, 2.75) is 44.6 Å². The first-order chi connectivity index (χ1) is 17.1. The van der Waals surface area contributed by atoms with Crippen molar-refractivity contribution in [1.82, 2.24) is 15.3 Å². The molecule has 1 aromatic heterocycles. The number of aryl methyl sites for hydroxylation is 1. The normalized spacial score (nSPS) is 17.8. The number of hydrogen-bond donors (Lipinski definition) is 2. The average Bonchev–Trinajstić information content (AvgIpc) is 2.88. The predicted molar refractivity (Wildman–Crippen MR) is 144 cm³/mol. The fraction of sp³-hybridized carbons (Fsp3) is 0.500. The maximum Gasteiger partial charge on any atom is 0.225 e. The third kappa shape index (κ3) is 6.54. The van der Waals surface area contributed by atoms with Crippen LogP contribution in [-0.2, 0) is 6.42 Å². The molecule has 3 aromatic rings. The molecule has 1 fully saturated rings. The van der Waals surface area contributed by atoms with Crippen LogP contribution in [0.4, 0.5) is 11.8 Å². The molecule has 7 nitrogen and oxygen atoms in total. The Kier molecular flexibility index (Phi) is 8.64. The van der Waals surface area contributed by atoms with Crippen molar-refractivity contribution in [1.29, 1.82) is 0 Å². The van der Waals surface area contributed by atoms with Gasteiger partial charge in [0.15, 0.2) is 0 Å². The van der Waals surface area contributed by atoms with Crippen molar-refractivity contribution in [3.63, 3.8) is 0 Å². The van der Waals surface area contributed by atoms with Gasteiger partial charge in [-0.2, -0.15) is 4.98 Å². The van der Waals surface area contributed by atoms with E-state index in [0.29, 0.717) is 6.04 Å². The number of fused-ring (bicyclic) bond motifs is 1. The number of hydrogen-bond acceptors (Lipinski definition) is 7. The molecular formula is C28H39N5O2. The van der Waals surface area contributed by atoms with Crippen LogP contribution in [0.25, 0.3) is 10.9 Å². The Hall–Kier alpha value is -3.06. The van der Waals surface area contributed by atoms with Gasteiger partial charge < -0.3 is 25.0 Å². The first kappa shape index (κ1) is 25.0. The highest BCUT2D eigenvalue weighted by atomic mass is 16.5. The van der Waals surface area contributed by atoms with Gasteiger partial charge in [-0.05, 0) is 93.4 Å². The van der Waals surface area contributed by atoms with Crippen LogP contribution in [0.1, 0.15) is 37.7 Å². The number of aromatic nitrogens is 2. The van der Waals surface area contributed by atoms with Crippen LogP contribution >= 0.6 is 0 Å². The van der Waals surface area contributed by atoms with Gasteiger partial charge in [-0.3, -0.25) is 0 Å². The highest BCUT2D eigenvalue weighted by Gasteiger charge is 2.22. The summed E-state index contributed by atoms with van der Waals surface area (Å²) in [6.45, 7) is 2.09. The highest BCUT2D eigenvalue weighted by Crippen LogP contribution is 2.28. The lowest BCUT2D eigenvalue weighted by Crippen LogP contribution is -2.32. The summed E-state index contributed by atoms with van der Waals surface area (Å²) >= 11 is 0. The molecule has 0 aliphatic heterocycles. The molecule has 188 valence electrons. The van der Waals surface area contributed by atoms with Crippen LogP contribution in [0, 0.1) is 5.92 Å². The minimum atomic E-state index is 0.433. The first-order valence-corrected chi connectivity index (χ1v) is 12.7. The van der Waals surface area contributed by atoms with E-state index >= 15 is 0 Å². The topological polar surface area (TPSA) is 71.5 Å². The Labute approximate surface area is 209 Å². The van der Waals surface area contributed by atoms with Gasteiger partial charge in [0.25, 0.3) is 0 Å². The Morgan fingerprint density at radius 3 is 2.51 bits per heavy atom. The third-order valence-electron chi connectivity index (χ3n) is 6.91. The number of nitrogens with zero attached hydrogens (tertiary/aromatic N) is 3. The monoisotopic (exact) mass is 477 g/mol. The van der Waals surface area contributed by atoms with Gasteiger partial charge >= 0.3 is 0 Å². The molecular weight excluding hydrogens is 438 g/mol. The largest absolute Gasteiger partial charge is 0.497 e. The molecule has 0 unspecified atom stereocenters. The highest BCUT2D eigenvalue weighted by molar-refractivity contribution is 5.90. The van der Waals surface area contributed by atoms with Crippen LogP contribution in [0.2, 0.25) is 0 Å². The van der Waals surface area contributed by atoms with Gasteiger partial charge in [-0.25, -0.2) is 4.98 Å². The second kappa shape index (κ2) is 12.1. The molecule has 1 heterocycles. The maximum absolute atomic E-state index is 5.50. The lowest BCUT2D eigenvalue weighted by Gasteiger charge is -2.29. The first-order valence-electron chi connectivity index (χ1n) is 12.7. The lowest BCUT2D eigenvalue weighted by molar-refractivity contribution is 0.324. The molecule has 0 saturated heterocycles. The van der Waals surface area contributed by atoms with Gasteiger partial charge in [-0.1, -0.05) is 12.1 Å². The molecule has 1 saturated carbocycles. The van der Waals surface area contributed by atoms with Crippen LogP contribution in [0.15, 0.2) is 42.5 Å². The molecule has 4 rings (SSSR count). The quantitative estimate of drug-likeness (QED) is 0.380.